The van der Waals surface area contributed by atoms with Gasteiger partial charge in [0.15, 0.2) is 5.11 Å². The van der Waals surface area contributed by atoms with Gasteiger partial charge in [-0.05, 0) is 82.1 Å². The standard InChI is InChI=1S/C24H29N3O5S2/c1-4-31-22(29)18-15(3)19(23(30)32-5-2)34-20(18)26-24(33)25-17-11-9-16(10-12-17)21(28)27-13-7-6-8-14-27/h9-12H,4-8,13-14H2,1-3H3,(H2,25,26,33). The summed E-state index contributed by atoms with van der Waals surface area (Å²) in [6, 6.07) is 7.09. The summed E-state index contributed by atoms with van der Waals surface area (Å²) in [6.45, 7) is 7.13. The van der Waals surface area contributed by atoms with Crippen molar-refractivity contribution in [3.63, 3.8) is 0 Å². The highest BCUT2D eigenvalue weighted by atomic mass is 32.1. The molecule has 0 atom stereocenters. The molecule has 0 unspecified atom stereocenters. The maximum Gasteiger partial charge on any atom is 0.348 e. The number of ether oxygens (including phenoxy) is 2. The molecule has 1 aromatic carbocycles. The molecule has 1 fully saturated rings. The smallest absolute Gasteiger partial charge is 0.348 e. The van der Waals surface area contributed by atoms with E-state index >= 15 is 0 Å². The molecule has 2 aromatic rings. The Hall–Kier alpha value is -2.98. The van der Waals surface area contributed by atoms with E-state index < -0.39 is 11.9 Å². The van der Waals surface area contributed by atoms with Gasteiger partial charge in [-0.15, -0.1) is 11.3 Å². The number of carbonyl (C=O) groups excluding carboxylic acids is 3. The van der Waals surface area contributed by atoms with Crippen molar-refractivity contribution in [2.24, 2.45) is 0 Å². The summed E-state index contributed by atoms with van der Waals surface area (Å²) >= 11 is 6.51. The number of hydrogen-bond donors (Lipinski definition) is 2. The van der Waals surface area contributed by atoms with Crippen molar-refractivity contribution in [1.82, 2.24) is 4.90 Å². The molecule has 1 aliphatic rings. The van der Waals surface area contributed by atoms with Crippen LogP contribution in [-0.2, 0) is 9.47 Å². The number of hydrogen-bond acceptors (Lipinski definition) is 7. The second kappa shape index (κ2) is 11.9. The largest absolute Gasteiger partial charge is 0.462 e. The molecule has 0 aliphatic carbocycles. The Labute approximate surface area is 208 Å². The van der Waals surface area contributed by atoms with Crippen LogP contribution in [0.1, 0.15) is 69.1 Å². The zero-order chi connectivity index (χ0) is 24.7. The molecule has 182 valence electrons. The van der Waals surface area contributed by atoms with Gasteiger partial charge < -0.3 is 25.0 Å². The topological polar surface area (TPSA) is 97.0 Å². The number of thiophene rings is 1. The lowest BCUT2D eigenvalue weighted by Crippen LogP contribution is -2.35. The molecule has 0 spiro atoms. The van der Waals surface area contributed by atoms with Crippen LogP contribution < -0.4 is 10.6 Å². The average molecular weight is 504 g/mol. The van der Waals surface area contributed by atoms with Crippen molar-refractivity contribution in [3.05, 3.63) is 45.8 Å². The van der Waals surface area contributed by atoms with Crippen LogP contribution in [0.3, 0.4) is 0 Å². The van der Waals surface area contributed by atoms with E-state index in [0.717, 1.165) is 37.3 Å². The summed E-state index contributed by atoms with van der Waals surface area (Å²) in [4.78, 5) is 39.7. The van der Waals surface area contributed by atoms with Crippen molar-refractivity contribution in [1.29, 1.82) is 0 Å². The summed E-state index contributed by atoms with van der Waals surface area (Å²) in [5.74, 6) is -1.01. The van der Waals surface area contributed by atoms with Crippen LogP contribution >= 0.6 is 23.6 Å². The van der Waals surface area contributed by atoms with Crippen molar-refractivity contribution >= 4 is 57.2 Å². The number of nitrogens with zero attached hydrogens (tertiary/aromatic N) is 1. The van der Waals surface area contributed by atoms with Crippen LogP contribution in [0.15, 0.2) is 24.3 Å². The van der Waals surface area contributed by atoms with E-state index in [1.807, 2.05) is 4.90 Å². The van der Waals surface area contributed by atoms with E-state index in [0.29, 0.717) is 26.7 Å². The number of anilines is 2. The van der Waals surface area contributed by atoms with Crippen LogP contribution in [0.5, 0.6) is 0 Å². The molecule has 1 aliphatic heterocycles. The number of rotatable bonds is 7. The summed E-state index contributed by atoms with van der Waals surface area (Å²) in [5, 5.41) is 6.68. The van der Waals surface area contributed by atoms with Gasteiger partial charge in [0.1, 0.15) is 9.88 Å². The number of esters is 2. The monoisotopic (exact) mass is 503 g/mol. The first-order valence-electron chi connectivity index (χ1n) is 11.3. The number of likely N-dealkylation sites (tertiary alicyclic amines) is 1. The number of benzene rings is 1. The van der Waals surface area contributed by atoms with Crippen LogP contribution in [0.25, 0.3) is 0 Å². The number of nitrogens with one attached hydrogen (secondary N) is 2. The molecule has 1 saturated heterocycles. The fourth-order valence-corrected chi connectivity index (χ4v) is 5.06. The minimum absolute atomic E-state index is 0.0339. The first kappa shape index (κ1) is 25.6. The van der Waals surface area contributed by atoms with Gasteiger partial charge in [0.2, 0.25) is 0 Å². The lowest BCUT2D eigenvalue weighted by atomic mass is 10.1. The first-order chi connectivity index (χ1) is 16.3. The Balaban J connectivity index is 1.72. The van der Waals surface area contributed by atoms with Gasteiger partial charge in [-0.1, -0.05) is 0 Å². The highest BCUT2D eigenvalue weighted by Crippen LogP contribution is 2.34. The van der Waals surface area contributed by atoms with Crippen LogP contribution in [0, 0.1) is 6.92 Å². The predicted molar refractivity (Wildman–Crippen MR) is 137 cm³/mol. The Morgan fingerprint density at radius 3 is 2.21 bits per heavy atom. The quantitative estimate of drug-likeness (QED) is 0.409. The van der Waals surface area contributed by atoms with E-state index in [9.17, 15) is 14.4 Å². The second-order valence-corrected chi connectivity index (χ2v) is 9.14. The molecule has 2 N–H and O–H groups in total. The van der Waals surface area contributed by atoms with E-state index in [2.05, 4.69) is 10.6 Å². The Morgan fingerprint density at radius 1 is 0.971 bits per heavy atom. The molecule has 0 radical (unpaired) electrons. The first-order valence-corrected chi connectivity index (χ1v) is 12.5. The van der Waals surface area contributed by atoms with Crippen molar-refractivity contribution in [2.75, 3.05) is 36.9 Å². The van der Waals surface area contributed by atoms with Gasteiger partial charge in [-0.25, -0.2) is 9.59 Å². The summed E-state index contributed by atoms with van der Waals surface area (Å²) < 4.78 is 10.3. The van der Waals surface area contributed by atoms with Gasteiger partial charge in [0.05, 0.1) is 18.8 Å². The predicted octanol–water partition coefficient (Wildman–Crippen LogP) is 4.84. The third kappa shape index (κ3) is 6.12. The van der Waals surface area contributed by atoms with Gasteiger partial charge in [-0.3, -0.25) is 4.79 Å². The molecule has 0 bridgehead atoms. The Bertz CT molecular complexity index is 1060. The fraction of sp³-hybridized carbons (Fsp3) is 0.417. The average Bonchev–Trinajstić information content (AvgIpc) is 3.15. The molecule has 3 rings (SSSR count). The Kier molecular flexibility index (Phi) is 9.00. The van der Waals surface area contributed by atoms with E-state index in [4.69, 9.17) is 21.7 Å². The number of thiocarbonyl (C=S) groups is 1. The number of amides is 1. The lowest BCUT2D eigenvalue weighted by molar-refractivity contribution is 0.0527. The van der Waals surface area contributed by atoms with Crippen molar-refractivity contribution in [2.45, 2.75) is 40.0 Å². The van der Waals surface area contributed by atoms with Crippen LogP contribution in [0.4, 0.5) is 10.7 Å². The molecule has 1 aromatic heterocycles. The zero-order valence-corrected chi connectivity index (χ0v) is 21.2. The SMILES string of the molecule is CCOC(=O)c1sc(NC(=S)Nc2ccc(C(=O)N3CCCCC3)cc2)c(C(=O)OCC)c1C. The maximum absolute atomic E-state index is 12.7. The maximum atomic E-state index is 12.7. The van der Waals surface area contributed by atoms with Crippen molar-refractivity contribution in [3.8, 4) is 0 Å². The summed E-state index contributed by atoms with van der Waals surface area (Å²) in [5.41, 5.74) is 2.04. The second-order valence-electron chi connectivity index (χ2n) is 7.71. The van der Waals surface area contributed by atoms with Gasteiger partial charge >= 0.3 is 11.9 Å². The normalized spacial score (nSPS) is 13.2. The highest BCUT2D eigenvalue weighted by molar-refractivity contribution is 7.80. The molecular formula is C24H29N3O5S2. The number of carbonyl (C=O) groups is 3. The third-order valence-corrected chi connectivity index (χ3v) is 6.74. The molecule has 0 saturated carbocycles. The highest BCUT2D eigenvalue weighted by Gasteiger charge is 2.27. The van der Waals surface area contributed by atoms with Gasteiger partial charge in [0, 0.05) is 24.3 Å². The summed E-state index contributed by atoms with van der Waals surface area (Å²) in [7, 11) is 0. The lowest BCUT2D eigenvalue weighted by Gasteiger charge is -2.26. The third-order valence-electron chi connectivity index (χ3n) is 5.35. The zero-order valence-electron chi connectivity index (χ0n) is 19.6. The minimum Gasteiger partial charge on any atom is -0.462 e. The fourth-order valence-electron chi connectivity index (χ4n) is 3.68. The minimum atomic E-state index is -0.544. The van der Waals surface area contributed by atoms with Gasteiger partial charge in [0.25, 0.3) is 5.91 Å². The molecule has 10 heteroatoms. The van der Waals surface area contributed by atoms with Gasteiger partial charge in [-0.2, -0.15) is 0 Å². The van der Waals surface area contributed by atoms with Crippen molar-refractivity contribution < 1.29 is 23.9 Å². The van der Waals surface area contributed by atoms with Crippen LogP contribution in [0.2, 0.25) is 0 Å². The summed E-state index contributed by atoms with van der Waals surface area (Å²) in [6.07, 6.45) is 3.25. The number of piperidine rings is 1. The molecular weight excluding hydrogens is 474 g/mol. The van der Waals surface area contributed by atoms with E-state index in [1.54, 1.807) is 45.0 Å². The molecule has 8 nitrogen and oxygen atoms in total. The molecule has 1 amide bonds. The molecule has 34 heavy (non-hydrogen) atoms. The van der Waals surface area contributed by atoms with E-state index in [1.165, 1.54) is 6.42 Å². The molecule has 2 heterocycles. The Morgan fingerprint density at radius 2 is 1.59 bits per heavy atom. The van der Waals surface area contributed by atoms with Crippen LogP contribution in [-0.4, -0.2) is 54.2 Å². The van der Waals surface area contributed by atoms with E-state index in [-0.39, 0.29) is 29.8 Å².